The molecule has 0 amide bonds. The highest BCUT2D eigenvalue weighted by Gasteiger charge is 2.09. The number of nitrogens with zero attached hydrogens (tertiary/aromatic N) is 1. The first-order valence-corrected chi connectivity index (χ1v) is 9.56. The molecular weight excluding hydrogens is 308 g/mol. The molecule has 1 aromatic carbocycles. The summed E-state index contributed by atoms with van der Waals surface area (Å²) in [5, 5.41) is 3.38. The van der Waals surface area contributed by atoms with Crippen molar-refractivity contribution in [3.05, 3.63) is 59.9 Å². The minimum atomic E-state index is 0.933. The molecule has 0 saturated heterocycles. The summed E-state index contributed by atoms with van der Waals surface area (Å²) in [6.07, 6.45) is 4.36. The lowest BCUT2D eigenvalue weighted by molar-refractivity contribution is -0.695. The molecule has 2 rings (SSSR count). The van der Waals surface area contributed by atoms with Crippen molar-refractivity contribution in [1.82, 2.24) is 0 Å². The topological polar surface area (TPSA) is 15.9 Å². The molecule has 1 heterocycles. The van der Waals surface area contributed by atoms with Gasteiger partial charge in [-0.25, -0.2) is 0 Å². The molecule has 1 aromatic heterocycles. The highest BCUT2D eigenvalue weighted by molar-refractivity contribution is 8.68. The Bertz CT molecular complexity index is 621. The first-order valence-electron chi connectivity index (χ1n) is 7.52. The number of aryl methyl sites for hydroxylation is 1. The zero-order valence-electron chi connectivity index (χ0n) is 13.1. The maximum atomic E-state index is 4.14. The molecule has 0 bridgehead atoms. The van der Waals surface area contributed by atoms with Crippen molar-refractivity contribution in [2.75, 3.05) is 17.6 Å². The van der Waals surface area contributed by atoms with Crippen molar-refractivity contribution in [2.45, 2.75) is 20.4 Å². The van der Waals surface area contributed by atoms with E-state index < -0.39 is 0 Å². The molecule has 0 aliphatic rings. The predicted octanol–water partition coefficient (Wildman–Crippen LogP) is 4.54. The van der Waals surface area contributed by atoms with Gasteiger partial charge < -0.3 is 5.32 Å². The molecule has 0 aliphatic carbocycles. The number of benzene rings is 1. The third-order valence-corrected chi connectivity index (χ3v) is 4.44. The van der Waals surface area contributed by atoms with E-state index >= 15 is 0 Å². The number of anilines is 1. The molecule has 1 N–H and O–H groups in total. The summed E-state index contributed by atoms with van der Waals surface area (Å²) in [5.41, 5.74) is 4.91. The molecule has 116 valence electrons. The minimum absolute atomic E-state index is 0.933. The number of rotatable bonds is 7. The minimum Gasteiger partial charge on any atom is -0.384 e. The molecule has 2 aromatic rings. The van der Waals surface area contributed by atoms with Crippen LogP contribution in [0.25, 0.3) is 11.6 Å². The van der Waals surface area contributed by atoms with Crippen molar-refractivity contribution in [3.8, 4) is 0 Å². The number of nitrogens with one attached hydrogen (secondary N) is 1. The van der Waals surface area contributed by atoms with Gasteiger partial charge in [0.1, 0.15) is 6.54 Å². The Labute approximate surface area is 142 Å². The highest BCUT2D eigenvalue weighted by atomic mass is 33.1. The fourth-order valence-corrected chi connectivity index (χ4v) is 2.84. The zero-order chi connectivity index (χ0) is 15.8. The number of hydrogen-bond acceptors (Lipinski definition) is 3. The van der Waals surface area contributed by atoms with E-state index in [1.165, 1.54) is 16.8 Å². The van der Waals surface area contributed by atoms with E-state index in [2.05, 4.69) is 90.1 Å². The lowest BCUT2D eigenvalue weighted by atomic mass is 10.1. The van der Waals surface area contributed by atoms with E-state index in [1.54, 1.807) is 10.8 Å². The standard InChI is InChI=1S/C18H22N2S2/c1-3-20-12-5-4-6-18(20)15(2)14-16-7-9-17(10-8-16)19-11-13-22-21/h4-10,12,14,21H,3,11,13H2,1-2H3/p+1. The van der Waals surface area contributed by atoms with Crippen LogP contribution in [0.1, 0.15) is 25.1 Å². The van der Waals surface area contributed by atoms with E-state index in [0.717, 1.165) is 24.5 Å². The fourth-order valence-electron chi connectivity index (χ4n) is 2.37. The molecule has 0 spiro atoms. The Hall–Kier alpha value is -1.39. The Kier molecular flexibility index (Phi) is 6.87. The maximum absolute atomic E-state index is 4.14. The molecule has 0 fully saturated rings. The molecule has 0 aliphatic heterocycles. The zero-order valence-corrected chi connectivity index (χ0v) is 14.8. The van der Waals surface area contributed by atoms with Crippen molar-refractivity contribution in [1.29, 1.82) is 0 Å². The van der Waals surface area contributed by atoms with Gasteiger partial charge in [0, 0.05) is 35.7 Å². The van der Waals surface area contributed by atoms with Gasteiger partial charge in [-0.2, -0.15) is 4.57 Å². The third kappa shape index (κ3) is 4.82. The summed E-state index contributed by atoms with van der Waals surface area (Å²) in [6.45, 7) is 6.24. The number of pyridine rings is 1. The van der Waals surface area contributed by atoms with Gasteiger partial charge in [0.05, 0.1) is 0 Å². The summed E-state index contributed by atoms with van der Waals surface area (Å²) >= 11 is 4.14. The van der Waals surface area contributed by atoms with E-state index in [-0.39, 0.29) is 0 Å². The Morgan fingerprint density at radius 3 is 2.68 bits per heavy atom. The van der Waals surface area contributed by atoms with Crippen LogP contribution in [0.2, 0.25) is 0 Å². The number of thiol groups is 1. The van der Waals surface area contributed by atoms with Gasteiger partial charge in [0.25, 0.3) is 0 Å². The first-order chi connectivity index (χ1) is 10.7. The van der Waals surface area contributed by atoms with Crippen molar-refractivity contribution >= 4 is 39.8 Å². The predicted molar refractivity (Wildman–Crippen MR) is 102 cm³/mol. The first kappa shape index (κ1) is 17.0. The second-order valence-electron chi connectivity index (χ2n) is 5.08. The second-order valence-corrected chi connectivity index (χ2v) is 6.52. The quantitative estimate of drug-likeness (QED) is 0.335. The largest absolute Gasteiger partial charge is 0.384 e. The number of aromatic nitrogens is 1. The van der Waals surface area contributed by atoms with Gasteiger partial charge in [-0.15, -0.1) is 11.7 Å². The number of allylic oxidation sites excluding steroid dienone is 1. The van der Waals surface area contributed by atoms with Crippen molar-refractivity contribution in [3.63, 3.8) is 0 Å². The normalized spacial score (nSPS) is 11.5. The Balaban J connectivity index is 2.11. The third-order valence-electron chi connectivity index (χ3n) is 3.50. The van der Waals surface area contributed by atoms with Crippen LogP contribution in [-0.4, -0.2) is 12.3 Å². The van der Waals surface area contributed by atoms with Crippen LogP contribution in [0.5, 0.6) is 0 Å². The number of hydrogen-bond donors (Lipinski definition) is 2. The van der Waals surface area contributed by atoms with E-state index in [4.69, 9.17) is 0 Å². The Morgan fingerprint density at radius 2 is 2.00 bits per heavy atom. The lowest BCUT2D eigenvalue weighted by Crippen LogP contribution is -2.35. The van der Waals surface area contributed by atoms with Crippen LogP contribution >= 0.6 is 22.5 Å². The SMILES string of the molecule is CC[n+]1ccccc1/C(C)=C/c1ccc(NCCSS)cc1. The Morgan fingerprint density at radius 1 is 1.23 bits per heavy atom. The van der Waals surface area contributed by atoms with Crippen LogP contribution in [0.3, 0.4) is 0 Å². The van der Waals surface area contributed by atoms with Gasteiger partial charge in [0.2, 0.25) is 5.69 Å². The van der Waals surface area contributed by atoms with Gasteiger partial charge in [-0.05, 0) is 43.7 Å². The summed E-state index contributed by atoms with van der Waals surface area (Å²) < 4.78 is 2.26. The monoisotopic (exact) mass is 331 g/mol. The molecule has 0 saturated carbocycles. The van der Waals surface area contributed by atoms with Crippen LogP contribution in [0, 0.1) is 0 Å². The highest BCUT2D eigenvalue weighted by Crippen LogP contribution is 2.17. The molecule has 2 nitrogen and oxygen atoms in total. The van der Waals surface area contributed by atoms with E-state index in [9.17, 15) is 0 Å². The average Bonchev–Trinajstić information content (AvgIpc) is 2.56. The van der Waals surface area contributed by atoms with Gasteiger partial charge in [-0.3, -0.25) is 0 Å². The van der Waals surface area contributed by atoms with Crippen LogP contribution < -0.4 is 9.88 Å². The molecular formula is C18H23N2S2+. The summed E-state index contributed by atoms with van der Waals surface area (Å²) in [5.74, 6) is 0.995. The summed E-state index contributed by atoms with van der Waals surface area (Å²) in [6, 6.07) is 14.9. The molecule has 4 heteroatoms. The lowest BCUT2D eigenvalue weighted by Gasteiger charge is -2.06. The van der Waals surface area contributed by atoms with Crippen molar-refractivity contribution in [2.24, 2.45) is 0 Å². The van der Waals surface area contributed by atoms with Gasteiger partial charge in [-0.1, -0.05) is 22.9 Å². The fraction of sp³-hybridized carbons (Fsp3) is 0.278. The molecule has 22 heavy (non-hydrogen) atoms. The van der Waals surface area contributed by atoms with Crippen LogP contribution in [0.4, 0.5) is 5.69 Å². The smallest absolute Gasteiger partial charge is 0.208 e. The summed E-state index contributed by atoms with van der Waals surface area (Å²) in [7, 11) is 1.55. The second kappa shape index (κ2) is 8.91. The molecule has 0 radical (unpaired) electrons. The van der Waals surface area contributed by atoms with Crippen LogP contribution in [0.15, 0.2) is 48.7 Å². The molecule has 0 unspecified atom stereocenters. The average molecular weight is 332 g/mol. The molecule has 0 atom stereocenters. The van der Waals surface area contributed by atoms with Crippen LogP contribution in [-0.2, 0) is 6.54 Å². The van der Waals surface area contributed by atoms with E-state index in [0.29, 0.717) is 0 Å². The van der Waals surface area contributed by atoms with Crippen molar-refractivity contribution < 1.29 is 4.57 Å². The van der Waals surface area contributed by atoms with Gasteiger partial charge >= 0.3 is 0 Å². The summed E-state index contributed by atoms with van der Waals surface area (Å²) in [4.78, 5) is 0. The maximum Gasteiger partial charge on any atom is 0.208 e. The van der Waals surface area contributed by atoms with E-state index in [1.807, 2.05) is 0 Å². The van der Waals surface area contributed by atoms with Gasteiger partial charge in [0.15, 0.2) is 6.20 Å².